The third-order valence-electron chi connectivity index (χ3n) is 3.38. The molecule has 5 heteroatoms. The van der Waals surface area contributed by atoms with Gasteiger partial charge in [0, 0.05) is 11.1 Å². The summed E-state index contributed by atoms with van der Waals surface area (Å²) in [4.78, 5) is 5.33. The molecular weight excluding hydrogens is 292 g/mol. The van der Waals surface area contributed by atoms with E-state index in [-0.39, 0.29) is 0 Å². The van der Waals surface area contributed by atoms with Crippen LogP contribution in [0.5, 0.6) is 0 Å². The Balaban J connectivity index is 1.90. The quantitative estimate of drug-likeness (QED) is 0.562. The van der Waals surface area contributed by atoms with E-state index >= 15 is 0 Å². The highest BCUT2D eigenvalue weighted by atomic mass is 32.1. The Bertz CT molecular complexity index is 978. The second kappa shape index (κ2) is 5.10. The van der Waals surface area contributed by atoms with Crippen LogP contribution in [0.2, 0.25) is 0 Å². The summed E-state index contributed by atoms with van der Waals surface area (Å²) in [6.45, 7) is 0. The normalized spacial score (nSPS) is 10.7. The molecule has 0 amide bonds. The maximum Gasteiger partial charge on any atom is 0.214 e. The third-order valence-corrected chi connectivity index (χ3v) is 4.33. The molecule has 22 heavy (non-hydrogen) atoms. The van der Waals surface area contributed by atoms with Crippen molar-refractivity contribution in [3.05, 3.63) is 66.4 Å². The van der Waals surface area contributed by atoms with Crippen molar-refractivity contribution in [1.29, 1.82) is 5.26 Å². The predicted molar refractivity (Wildman–Crippen MR) is 86.5 cm³/mol. The molecule has 0 aliphatic heterocycles. The Labute approximate surface area is 130 Å². The van der Waals surface area contributed by atoms with Crippen LogP contribution in [0.3, 0.4) is 0 Å². The summed E-state index contributed by atoms with van der Waals surface area (Å²) in [6.07, 6.45) is 0. The second-order valence-corrected chi connectivity index (χ2v) is 5.71. The van der Waals surface area contributed by atoms with E-state index in [1.807, 2.05) is 60.7 Å². The fraction of sp³-hybridized carbons (Fsp3) is 0. The zero-order valence-corrected chi connectivity index (χ0v) is 12.3. The average Bonchev–Trinajstić information content (AvgIpc) is 3.14. The van der Waals surface area contributed by atoms with Crippen molar-refractivity contribution < 1.29 is 0 Å². The number of rotatable bonds is 2. The van der Waals surface area contributed by atoms with E-state index in [0.29, 0.717) is 11.4 Å². The molecule has 0 aliphatic rings. The Morgan fingerprint density at radius 2 is 1.55 bits per heavy atom. The molecule has 4 rings (SSSR count). The lowest BCUT2D eigenvalue weighted by molar-refractivity contribution is 0.960. The number of hydrogen-bond donors (Lipinski definition) is 0. The largest absolute Gasteiger partial charge is 0.216 e. The van der Waals surface area contributed by atoms with Crippen LogP contribution in [-0.4, -0.2) is 14.6 Å². The molecule has 0 aliphatic carbocycles. The van der Waals surface area contributed by atoms with Crippen molar-refractivity contribution in [3.8, 4) is 27.9 Å². The van der Waals surface area contributed by atoms with Gasteiger partial charge in [0.15, 0.2) is 5.69 Å². The molecule has 4 aromatic rings. The van der Waals surface area contributed by atoms with Gasteiger partial charge in [-0.25, -0.2) is 4.98 Å². The number of nitriles is 1. The van der Waals surface area contributed by atoms with E-state index in [0.717, 1.165) is 21.1 Å². The van der Waals surface area contributed by atoms with Crippen molar-refractivity contribution in [2.45, 2.75) is 0 Å². The van der Waals surface area contributed by atoms with Gasteiger partial charge in [-0.05, 0) is 0 Å². The van der Waals surface area contributed by atoms with Crippen LogP contribution in [0.15, 0.2) is 60.7 Å². The molecule has 0 saturated heterocycles. The average molecular weight is 302 g/mol. The molecule has 4 nitrogen and oxygen atoms in total. The Morgan fingerprint density at radius 1 is 0.909 bits per heavy atom. The van der Waals surface area contributed by atoms with E-state index in [1.54, 1.807) is 4.52 Å². The number of benzene rings is 2. The minimum Gasteiger partial charge on any atom is -0.216 e. The molecule has 0 atom stereocenters. The lowest BCUT2D eigenvalue weighted by Gasteiger charge is -1.96. The molecule has 104 valence electrons. The zero-order valence-electron chi connectivity index (χ0n) is 11.5. The lowest BCUT2D eigenvalue weighted by Crippen LogP contribution is -1.90. The molecule has 0 spiro atoms. The highest BCUT2D eigenvalue weighted by Gasteiger charge is 2.18. The maximum absolute atomic E-state index is 9.50. The monoisotopic (exact) mass is 302 g/mol. The van der Waals surface area contributed by atoms with Crippen molar-refractivity contribution in [1.82, 2.24) is 14.6 Å². The van der Waals surface area contributed by atoms with Gasteiger partial charge >= 0.3 is 0 Å². The molecule has 2 aromatic heterocycles. The molecule has 2 heterocycles. The summed E-state index contributed by atoms with van der Waals surface area (Å²) in [5, 5.41) is 14.9. The molecule has 0 fully saturated rings. The van der Waals surface area contributed by atoms with Crippen molar-refractivity contribution >= 4 is 16.3 Å². The van der Waals surface area contributed by atoms with Gasteiger partial charge in [-0.1, -0.05) is 72.0 Å². The van der Waals surface area contributed by atoms with Gasteiger partial charge in [-0.3, -0.25) is 0 Å². The van der Waals surface area contributed by atoms with Gasteiger partial charge in [0.25, 0.3) is 0 Å². The highest BCUT2D eigenvalue weighted by molar-refractivity contribution is 7.19. The fourth-order valence-electron chi connectivity index (χ4n) is 2.34. The van der Waals surface area contributed by atoms with Gasteiger partial charge in [0.1, 0.15) is 16.8 Å². The predicted octanol–water partition coefficient (Wildman–Crippen LogP) is 4.00. The van der Waals surface area contributed by atoms with Gasteiger partial charge in [-0.2, -0.15) is 14.9 Å². The van der Waals surface area contributed by atoms with Crippen molar-refractivity contribution in [2.75, 3.05) is 0 Å². The van der Waals surface area contributed by atoms with E-state index in [4.69, 9.17) is 0 Å². The highest BCUT2D eigenvalue weighted by Crippen LogP contribution is 2.30. The van der Waals surface area contributed by atoms with E-state index in [1.165, 1.54) is 11.3 Å². The second-order valence-electron chi connectivity index (χ2n) is 4.75. The van der Waals surface area contributed by atoms with E-state index in [9.17, 15) is 5.26 Å². The molecule has 0 bridgehead atoms. The summed E-state index contributed by atoms with van der Waals surface area (Å²) in [5.41, 5.74) is 3.11. The van der Waals surface area contributed by atoms with Gasteiger partial charge < -0.3 is 0 Å². The van der Waals surface area contributed by atoms with Gasteiger partial charge in [-0.15, -0.1) is 0 Å². The standard InChI is InChI=1S/C17H10N4S/c18-11-14-15(12-7-3-1-4-8-12)19-17-21(14)20-16(22-17)13-9-5-2-6-10-13/h1-10H. The molecule has 0 N–H and O–H groups in total. The Kier molecular flexibility index (Phi) is 2.95. The van der Waals surface area contributed by atoms with Crippen LogP contribution < -0.4 is 0 Å². The van der Waals surface area contributed by atoms with Gasteiger partial charge in [0.05, 0.1) is 0 Å². The fourth-order valence-corrected chi connectivity index (χ4v) is 3.25. The minimum atomic E-state index is 0.472. The first-order valence-corrected chi connectivity index (χ1v) is 7.59. The smallest absolute Gasteiger partial charge is 0.214 e. The van der Waals surface area contributed by atoms with Crippen LogP contribution in [0.4, 0.5) is 0 Å². The molecule has 0 unspecified atom stereocenters. The number of hydrogen-bond acceptors (Lipinski definition) is 4. The summed E-state index contributed by atoms with van der Waals surface area (Å²) >= 11 is 1.49. The van der Waals surface area contributed by atoms with E-state index in [2.05, 4.69) is 16.2 Å². The van der Waals surface area contributed by atoms with Crippen LogP contribution in [0.25, 0.3) is 26.8 Å². The van der Waals surface area contributed by atoms with E-state index < -0.39 is 0 Å². The summed E-state index contributed by atoms with van der Waals surface area (Å²) in [5.74, 6) is 0. The first kappa shape index (κ1) is 12.7. The topological polar surface area (TPSA) is 54.0 Å². The summed E-state index contributed by atoms with van der Waals surface area (Å²) in [6, 6.07) is 21.9. The molecular formula is C17H10N4S. The van der Waals surface area contributed by atoms with Crippen LogP contribution >= 0.6 is 11.3 Å². The molecule has 0 saturated carbocycles. The number of aromatic nitrogens is 3. The van der Waals surface area contributed by atoms with Gasteiger partial charge in [0.2, 0.25) is 4.96 Å². The number of imidazole rings is 1. The first-order chi connectivity index (χ1) is 10.9. The summed E-state index contributed by atoms with van der Waals surface area (Å²) < 4.78 is 1.63. The van der Waals surface area contributed by atoms with Crippen molar-refractivity contribution in [3.63, 3.8) is 0 Å². The van der Waals surface area contributed by atoms with Crippen LogP contribution in [0, 0.1) is 11.3 Å². The van der Waals surface area contributed by atoms with Crippen LogP contribution in [0.1, 0.15) is 5.69 Å². The first-order valence-electron chi connectivity index (χ1n) is 6.77. The Morgan fingerprint density at radius 3 is 2.18 bits per heavy atom. The van der Waals surface area contributed by atoms with Crippen molar-refractivity contribution in [2.24, 2.45) is 0 Å². The molecule has 2 aromatic carbocycles. The SMILES string of the molecule is N#Cc1c(-c2ccccc2)nc2sc(-c3ccccc3)nn12. The lowest BCUT2D eigenvalue weighted by atomic mass is 10.1. The summed E-state index contributed by atoms with van der Waals surface area (Å²) in [7, 11) is 0. The minimum absolute atomic E-state index is 0.472. The third kappa shape index (κ3) is 1.98. The maximum atomic E-state index is 9.50. The number of fused-ring (bicyclic) bond motifs is 1. The molecule has 0 radical (unpaired) electrons. The van der Waals surface area contributed by atoms with Crippen LogP contribution in [-0.2, 0) is 0 Å². The zero-order chi connectivity index (χ0) is 14.9. The Hall–Kier alpha value is -2.97. The number of nitrogens with zero attached hydrogens (tertiary/aromatic N) is 4.